The average Bonchev–Trinajstić information content (AvgIpc) is 2.07. The minimum Gasteiger partial charge on any atom is -0.304 e. The third-order valence-corrected chi connectivity index (χ3v) is 2.99. The summed E-state index contributed by atoms with van der Waals surface area (Å²) < 4.78 is 0. The fraction of sp³-hybridized carbons (Fsp3) is 1.00. The summed E-state index contributed by atoms with van der Waals surface area (Å²) in [5.41, 5.74) is 0. The predicted molar refractivity (Wildman–Crippen MR) is 56.1 cm³/mol. The molecule has 2 atom stereocenters. The van der Waals surface area contributed by atoms with Crippen LogP contribution in [0.5, 0.6) is 0 Å². The lowest BCUT2D eigenvalue weighted by Gasteiger charge is -2.23. The zero-order valence-electron chi connectivity index (χ0n) is 8.14. The van der Waals surface area contributed by atoms with Crippen LogP contribution in [0.4, 0.5) is 0 Å². The van der Waals surface area contributed by atoms with Crippen LogP contribution in [-0.4, -0.2) is 30.7 Å². The molecule has 11 heavy (non-hydrogen) atoms. The lowest BCUT2D eigenvalue weighted by molar-refractivity contribution is 0.260. The summed E-state index contributed by atoms with van der Waals surface area (Å²) >= 11 is 0. The molecular formula is C9H22NP. The average molecular weight is 175 g/mol. The molecule has 2 unspecified atom stereocenters. The molecule has 2 heteroatoms. The molecule has 0 aromatic carbocycles. The molecule has 0 heterocycles. The SMILES string of the molecule is CCC(CP)CN(CC)CC. The zero-order chi connectivity index (χ0) is 8.69. The fourth-order valence-electron chi connectivity index (χ4n) is 1.22. The van der Waals surface area contributed by atoms with Crippen LogP contribution in [0.25, 0.3) is 0 Å². The van der Waals surface area contributed by atoms with E-state index in [0.717, 1.165) is 5.92 Å². The molecule has 0 fully saturated rings. The third kappa shape index (κ3) is 4.76. The Labute approximate surface area is 73.7 Å². The highest BCUT2D eigenvalue weighted by Gasteiger charge is 2.07. The van der Waals surface area contributed by atoms with E-state index in [1.165, 1.54) is 32.2 Å². The van der Waals surface area contributed by atoms with Crippen molar-refractivity contribution in [3.05, 3.63) is 0 Å². The predicted octanol–water partition coefficient (Wildman–Crippen LogP) is 2.23. The van der Waals surface area contributed by atoms with Crippen LogP contribution < -0.4 is 0 Å². The standard InChI is InChI=1S/C9H22NP/c1-4-9(8-11)7-10(5-2)6-3/h9H,4-8,11H2,1-3H3. The van der Waals surface area contributed by atoms with Gasteiger partial charge in [0.1, 0.15) is 0 Å². The van der Waals surface area contributed by atoms with Gasteiger partial charge in [-0.2, -0.15) is 0 Å². The maximum Gasteiger partial charge on any atom is 0.00125 e. The van der Waals surface area contributed by atoms with Gasteiger partial charge in [0.15, 0.2) is 0 Å². The lowest BCUT2D eigenvalue weighted by atomic mass is 10.1. The molecule has 1 nitrogen and oxygen atoms in total. The van der Waals surface area contributed by atoms with Gasteiger partial charge in [-0.25, -0.2) is 0 Å². The summed E-state index contributed by atoms with van der Waals surface area (Å²) in [6, 6.07) is 0. The Morgan fingerprint density at radius 1 is 1.18 bits per heavy atom. The van der Waals surface area contributed by atoms with E-state index in [0.29, 0.717) is 0 Å². The number of nitrogens with zero attached hydrogens (tertiary/aromatic N) is 1. The Morgan fingerprint density at radius 2 is 1.73 bits per heavy atom. The Kier molecular flexibility index (Phi) is 7.31. The minimum absolute atomic E-state index is 0.875. The third-order valence-electron chi connectivity index (χ3n) is 2.32. The molecule has 0 aromatic heterocycles. The summed E-state index contributed by atoms with van der Waals surface area (Å²) in [7, 11) is 2.84. The van der Waals surface area contributed by atoms with E-state index in [4.69, 9.17) is 0 Å². The van der Waals surface area contributed by atoms with Crippen molar-refractivity contribution in [2.45, 2.75) is 27.2 Å². The molecule has 0 rings (SSSR count). The van der Waals surface area contributed by atoms with Crippen LogP contribution in [0.1, 0.15) is 27.2 Å². The Morgan fingerprint density at radius 3 is 2.00 bits per heavy atom. The van der Waals surface area contributed by atoms with E-state index in [1.54, 1.807) is 0 Å². The normalized spacial score (nSPS) is 13.9. The minimum atomic E-state index is 0.875. The maximum atomic E-state index is 2.84. The van der Waals surface area contributed by atoms with Crippen LogP contribution in [0, 0.1) is 5.92 Å². The topological polar surface area (TPSA) is 3.24 Å². The first kappa shape index (κ1) is 11.4. The van der Waals surface area contributed by atoms with Crippen molar-refractivity contribution in [1.29, 1.82) is 0 Å². The van der Waals surface area contributed by atoms with Gasteiger partial charge in [0.25, 0.3) is 0 Å². The van der Waals surface area contributed by atoms with Gasteiger partial charge in [-0.15, -0.1) is 9.24 Å². The van der Waals surface area contributed by atoms with E-state index in [-0.39, 0.29) is 0 Å². The first-order valence-electron chi connectivity index (χ1n) is 4.70. The summed E-state index contributed by atoms with van der Waals surface area (Å²) in [6.07, 6.45) is 2.55. The van der Waals surface area contributed by atoms with Gasteiger partial charge in [-0.05, 0) is 25.2 Å². The van der Waals surface area contributed by atoms with Crippen LogP contribution >= 0.6 is 9.24 Å². The highest BCUT2D eigenvalue weighted by molar-refractivity contribution is 7.16. The second kappa shape index (κ2) is 7.06. The van der Waals surface area contributed by atoms with Crippen LogP contribution in [0.3, 0.4) is 0 Å². The smallest absolute Gasteiger partial charge is 0.00125 e. The Bertz CT molecular complexity index is 67.6. The number of hydrogen-bond acceptors (Lipinski definition) is 1. The molecule has 0 saturated heterocycles. The van der Waals surface area contributed by atoms with Gasteiger partial charge < -0.3 is 4.90 Å². The van der Waals surface area contributed by atoms with Crippen molar-refractivity contribution < 1.29 is 0 Å². The highest BCUT2D eigenvalue weighted by Crippen LogP contribution is 2.08. The fourth-order valence-corrected chi connectivity index (χ4v) is 1.70. The van der Waals surface area contributed by atoms with Gasteiger partial charge in [-0.3, -0.25) is 0 Å². The lowest BCUT2D eigenvalue weighted by Crippen LogP contribution is -2.29. The second-order valence-electron chi connectivity index (χ2n) is 3.00. The monoisotopic (exact) mass is 175 g/mol. The van der Waals surface area contributed by atoms with Gasteiger partial charge in [0, 0.05) is 6.54 Å². The number of hydrogen-bond donors (Lipinski definition) is 0. The van der Waals surface area contributed by atoms with Crippen molar-refractivity contribution in [3.8, 4) is 0 Å². The summed E-state index contributed by atoms with van der Waals surface area (Å²) in [5, 5.41) is 0. The quantitative estimate of drug-likeness (QED) is 0.559. The van der Waals surface area contributed by atoms with Gasteiger partial charge in [-0.1, -0.05) is 27.2 Å². The van der Waals surface area contributed by atoms with Crippen molar-refractivity contribution in [2.75, 3.05) is 25.8 Å². The molecule has 0 amide bonds. The molecule has 0 aliphatic rings. The van der Waals surface area contributed by atoms with Crippen molar-refractivity contribution >= 4 is 9.24 Å². The first-order valence-corrected chi connectivity index (χ1v) is 5.52. The van der Waals surface area contributed by atoms with Crippen molar-refractivity contribution in [2.24, 2.45) is 5.92 Å². The van der Waals surface area contributed by atoms with Crippen LogP contribution in [-0.2, 0) is 0 Å². The van der Waals surface area contributed by atoms with E-state index in [1.807, 2.05) is 0 Å². The van der Waals surface area contributed by atoms with Gasteiger partial charge >= 0.3 is 0 Å². The van der Waals surface area contributed by atoms with E-state index < -0.39 is 0 Å². The van der Waals surface area contributed by atoms with E-state index in [2.05, 4.69) is 34.9 Å². The molecule has 68 valence electrons. The van der Waals surface area contributed by atoms with E-state index >= 15 is 0 Å². The zero-order valence-corrected chi connectivity index (χ0v) is 9.29. The second-order valence-corrected chi connectivity index (χ2v) is 3.47. The Balaban J connectivity index is 3.58. The first-order chi connectivity index (χ1) is 5.28. The molecule has 0 spiro atoms. The molecule has 0 saturated carbocycles. The maximum absolute atomic E-state index is 2.84. The molecule has 0 aliphatic carbocycles. The molecule has 0 N–H and O–H groups in total. The summed E-state index contributed by atoms with van der Waals surface area (Å²) in [4.78, 5) is 2.50. The molecule has 0 bridgehead atoms. The number of rotatable bonds is 6. The summed E-state index contributed by atoms with van der Waals surface area (Å²) in [6.45, 7) is 10.4. The van der Waals surface area contributed by atoms with E-state index in [9.17, 15) is 0 Å². The molecular weight excluding hydrogens is 153 g/mol. The molecule has 0 radical (unpaired) electrons. The molecule has 0 aromatic rings. The van der Waals surface area contributed by atoms with Crippen LogP contribution in [0.15, 0.2) is 0 Å². The highest BCUT2D eigenvalue weighted by atomic mass is 31.0. The van der Waals surface area contributed by atoms with Crippen LogP contribution in [0.2, 0.25) is 0 Å². The summed E-state index contributed by atoms with van der Waals surface area (Å²) in [5.74, 6) is 0.875. The van der Waals surface area contributed by atoms with Crippen molar-refractivity contribution in [3.63, 3.8) is 0 Å². The van der Waals surface area contributed by atoms with Gasteiger partial charge in [0.2, 0.25) is 0 Å². The van der Waals surface area contributed by atoms with Gasteiger partial charge in [0.05, 0.1) is 0 Å². The van der Waals surface area contributed by atoms with Crippen molar-refractivity contribution in [1.82, 2.24) is 4.90 Å². The Hall–Kier alpha value is 0.390. The molecule has 0 aliphatic heterocycles. The largest absolute Gasteiger partial charge is 0.304 e.